The predicted octanol–water partition coefficient (Wildman–Crippen LogP) is 2.77. The third-order valence-electron chi connectivity index (χ3n) is 4.29. The van der Waals surface area contributed by atoms with Crippen molar-refractivity contribution in [2.75, 3.05) is 20.1 Å². The van der Waals surface area contributed by atoms with E-state index in [-0.39, 0.29) is 36.1 Å². The zero-order chi connectivity index (χ0) is 20.1. The number of hydrogen-bond donors (Lipinski definition) is 2. The molecule has 0 bridgehead atoms. The van der Waals surface area contributed by atoms with E-state index in [2.05, 4.69) is 26.8 Å². The Morgan fingerprint density at radius 3 is 2.62 bits per heavy atom. The lowest BCUT2D eigenvalue weighted by molar-refractivity contribution is 0.00701. The third-order valence-corrected chi connectivity index (χ3v) is 4.29. The van der Waals surface area contributed by atoms with E-state index < -0.39 is 5.60 Å². The lowest BCUT2D eigenvalue weighted by atomic mass is 10.1. The summed E-state index contributed by atoms with van der Waals surface area (Å²) in [7, 11) is 1.74. The van der Waals surface area contributed by atoms with E-state index in [0.717, 1.165) is 11.3 Å². The molecule has 0 spiro atoms. The van der Waals surface area contributed by atoms with Crippen molar-refractivity contribution in [2.24, 2.45) is 4.99 Å². The Kier molecular flexibility index (Phi) is 7.88. The normalized spacial score (nSPS) is 14.6. The van der Waals surface area contributed by atoms with Gasteiger partial charge in [-0.2, -0.15) is 5.10 Å². The molecule has 0 radical (unpaired) electrons. The topological polar surface area (TPSA) is 83.8 Å². The Labute approximate surface area is 188 Å². The lowest BCUT2D eigenvalue weighted by Gasteiger charge is -2.40. The van der Waals surface area contributed by atoms with E-state index in [1.165, 1.54) is 0 Å². The van der Waals surface area contributed by atoms with Gasteiger partial charge in [-0.25, -0.2) is 9.48 Å². The van der Waals surface area contributed by atoms with E-state index in [4.69, 9.17) is 4.74 Å². The van der Waals surface area contributed by atoms with Crippen molar-refractivity contribution in [3.63, 3.8) is 0 Å². The summed E-state index contributed by atoms with van der Waals surface area (Å²) in [4.78, 5) is 18.0. The molecule has 0 saturated carbocycles. The first-order valence-electron chi connectivity index (χ1n) is 9.39. The van der Waals surface area contributed by atoms with Gasteiger partial charge in [0.2, 0.25) is 0 Å². The van der Waals surface area contributed by atoms with Crippen LogP contribution in [0.1, 0.15) is 26.3 Å². The maximum atomic E-state index is 12.0. The molecular weight excluding hydrogens is 483 g/mol. The average Bonchev–Trinajstić information content (AvgIpc) is 3.13. The molecule has 0 unspecified atom stereocenters. The summed E-state index contributed by atoms with van der Waals surface area (Å²) >= 11 is 0. The number of hydrogen-bond acceptors (Lipinski definition) is 4. The molecule has 29 heavy (non-hydrogen) atoms. The van der Waals surface area contributed by atoms with Crippen molar-refractivity contribution >= 4 is 36.0 Å². The van der Waals surface area contributed by atoms with Crippen molar-refractivity contribution in [1.82, 2.24) is 25.3 Å². The van der Waals surface area contributed by atoms with Crippen LogP contribution in [0.5, 0.6) is 0 Å². The molecule has 1 saturated heterocycles. The van der Waals surface area contributed by atoms with Crippen LogP contribution in [-0.4, -0.2) is 58.5 Å². The Balaban J connectivity index is 0.00000300. The van der Waals surface area contributed by atoms with E-state index >= 15 is 0 Å². The largest absolute Gasteiger partial charge is 0.444 e. The molecule has 2 aromatic rings. The number of aromatic nitrogens is 2. The van der Waals surface area contributed by atoms with Crippen molar-refractivity contribution in [2.45, 2.75) is 39.0 Å². The average molecular weight is 512 g/mol. The van der Waals surface area contributed by atoms with Crippen LogP contribution in [0.3, 0.4) is 0 Å². The molecule has 1 aliphatic rings. The molecule has 9 heteroatoms. The number of amides is 1. The molecule has 1 fully saturated rings. The smallest absolute Gasteiger partial charge is 0.410 e. The van der Waals surface area contributed by atoms with Crippen molar-refractivity contribution in [3.8, 4) is 5.69 Å². The first-order valence-corrected chi connectivity index (χ1v) is 9.39. The van der Waals surface area contributed by atoms with Crippen molar-refractivity contribution in [3.05, 3.63) is 48.3 Å². The number of benzene rings is 1. The monoisotopic (exact) mass is 512 g/mol. The number of carbonyl (C=O) groups is 1. The summed E-state index contributed by atoms with van der Waals surface area (Å²) in [6.45, 7) is 7.41. The Hall–Kier alpha value is -2.30. The van der Waals surface area contributed by atoms with Gasteiger partial charge in [-0.15, -0.1) is 24.0 Å². The quantitative estimate of drug-likeness (QED) is 0.374. The van der Waals surface area contributed by atoms with Crippen LogP contribution in [0.25, 0.3) is 5.69 Å². The minimum absolute atomic E-state index is 0. The van der Waals surface area contributed by atoms with Crippen LogP contribution in [-0.2, 0) is 11.3 Å². The molecule has 1 aromatic carbocycles. The Morgan fingerprint density at radius 2 is 2.00 bits per heavy atom. The Bertz CT molecular complexity index is 826. The summed E-state index contributed by atoms with van der Waals surface area (Å²) in [5, 5.41) is 11.0. The standard InChI is InChI=1S/C20H28N6O2.HI/c1-20(2,3)28-19(27)25-13-16(14-25)24-18(21-4)22-12-15-8-5-6-9-17(15)26-11-7-10-23-26;/h5-11,16H,12-14H2,1-4H3,(H2,21,22,24);1H. The molecule has 158 valence electrons. The van der Waals surface area contributed by atoms with Crippen molar-refractivity contribution < 1.29 is 9.53 Å². The lowest BCUT2D eigenvalue weighted by Crippen LogP contribution is -2.63. The van der Waals surface area contributed by atoms with Crippen LogP contribution >= 0.6 is 24.0 Å². The van der Waals surface area contributed by atoms with E-state index in [0.29, 0.717) is 25.6 Å². The van der Waals surface area contributed by atoms with Gasteiger partial charge in [-0.1, -0.05) is 18.2 Å². The zero-order valence-electron chi connectivity index (χ0n) is 17.3. The van der Waals surface area contributed by atoms with Crippen LogP contribution in [0.4, 0.5) is 4.79 Å². The fraction of sp³-hybridized carbons (Fsp3) is 0.450. The van der Waals surface area contributed by atoms with Gasteiger partial charge in [0.25, 0.3) is 0 Å². The maximum Gasteiger partial charge on any atom is 0.410 e. The molecule has 1 aliphatic heterocycles. The van der Waals surface area contributed by atoms with E-state index in [1.54, 1.807) is 18.1 Å². The number of guanidine groups is 1. The highest BCUT2D eigenvalue weighted by molar-refractivity contribution is 14.0. The number of ether oxygens (including phenoxy) is 1. The number of halogens is 1. The fourth-order valence-electron chi connectivity index (χ4n) is 2.91. The summed E-state index contributed by atoms with van der Waals surface area (Å²) in [6, 6.07) is 10.1. The second-order valence-electron chi connectivity index (χ2n) is 7.73. The van der Waals surface area contributed by atoms with Crippen LogP contribution in [0, 0.1) is 0 Å². The molecular formula is C20H29IN6O2. The highest BCUT2D eigenvalue weighted by atomic mass is 127. The van der Waals surface area contributed by atoms with Gasteiger partial charge in [0.05, 0.1) is 11.7 Å². The number of nitrogens with zero attached hydrogens (tertiary/aromatic N) is 4. The summed E-state index contributed by atoms with van der Waals surface area (Å²) < 4.78 is 7.23. The number of nitrogens with one attached hydrogen (secondary N) is 2. The number of aliphatic imine (C=N–C) groups is 1. The zero-order valence-corrected chi connectivity index (χ0v) is 19.6. The van der Waals surface area contributed by atoms with Gasteiger partial charge < -0.3 is 20.3 Å². The molecule has 0 aliphatic carbocycles. The van der Waals surface area contributed by atoms with Gasteiger partial charge in [0, 0.05) is 39.1 Å². The fourth-order valence-corrected chi connectivity index (χ4v) is 2.91. The third kappa shape index (κ3) is 6.34. The predicted molar refractivity (Wildman–Crippen MR) is 124 cm³/mol. The first-order chi connectivity index (χ1) is 13.4. The molecule has 3 rings (SSSR count). The summed E-state index contributed by atoms with van der Waals surface area (Å²) in [5.74, 6) is 0.698. The van der Waals surface area contributed by atoms with Gasteiger partial charge in [-0.05, 0) is 38.5 Å². The number of likely N-dealkylation sites (tertiary alicyclic amines) is 1. The molecule has 1 amide bonds. The maximum absolute atomic E-state index is 12.0. The number of para-hydroxylation sites is 1. The molecule has 2 N–H and O–H groups in total. The van der Waals surface area contributed by atoms with Crippen LogP contribution in [0.2, 0.25) is 0 Å². The molecule has 2 heterocycles. The minimum atomic E-state index is -0.477. The minimum Gasteiger partial charge on any atom is -0.444 e. The molecule has 0 atom stereocenters. The SMILES string of the molecule is CN=C(NCc1ccccc1-n1cccn1)NC1CN(C(=O)OC(C)(C)C)C1.I. The second kappa shape index (κ2) is 9.95. The van der Waals surface area contributed by atoms with Gasteiger partial charge in [0.1, 0.15) is 5.60 Å². The summed E-state index contributed by atoms with van der Waals surface area (Å²) in [6.07, 6.45) is 3.41. The number of rotatable bonds is 4. The van der Waals surface area contributed by atoms with Crippen molar-refractivity contribution in [1.29, 1.82) is 0 Å². The van der Waals surface area contributed by atoms with E-state index in [1.807, 2.05) is 55.9 Å². The van der Waals surface area contributed by atoms with Gasteiger partial charge >= 0.3 is 6.09 Å². The summed E-state index contributed by atoms with van der Waals surface area (Å²) in [5.41, 5.74) is 1.66. The highest BCUT2D eigenvalue weighted by Crippen LogP contribution is 2.16. The second-order valence-corrected chi connectivity index (χ2v) is 7.73. The van der Waals surface area contributed by atoms with Crippen LogP contribution < -0.4 is 10.6 Å². The van der Waals surface area contributed by atoms with Gasteiger partial charge in [-0.3, -0.25) is 4.99 Å². The van der Waals surface area contributed by atoms with Crippen LogP contribution in [0.15, 0.2) is 47.7 Å². The van der Waals surface area contributed by atoms with Gasteiger partial charge in [0.15, 0.2) is 5.96 Å². The van der Waals surface area contributed by atoms with E-state index in [9.17, 15) is 4.79 Å². The molecule has 1 aromatic heterocycles. The highest BCUT2D eigenvalue weighted by Gasteiger charge is 2.34. The number of carbonyl (C=O) groups excluding carboxylic acids is 1. The molecule has 8 nitrogen and oxygen atoms in total. The Morgan fingerprint density at radius 1 is 1.28 bits per heavy atom. The first kappa shape index (κ1) is 23.0.